The van der Waals surface area contributed by atoms with E-state index in [9.17, 15) is 0 Å². The molecule has 0 aromatic carbocycles. The third-order valence-corrected chi connectivity index (χ3v) is 7.82. The summed E-state index contributed by atoms with van der Waals surface area (Å²) < 4.78 is 0. The molecule has 1 heterocycles. The van der Waals surface area contributed by atoms with Gasteiger partial charge in [0.05, 0.1) is 0 Å². The predicted molar refractivity (Wildman–Crippen MR) is 154 cm³/mol. The zero-order valence-corrected chi connectivity index (χ0v) is 24.0. The molecule has 202 valence electrons. The average molecular weight is 477 g/mol. The summed E-state index contributed by atoms with van der Waals surface area (Å²) in [7, 11) is 0. The molecule has 1 aliphatic rings. The Labute approximate surface area is 216 Å². The summed E-state index contributed by atoms with van der Waals surface area (Å²) in [4.78, 5) is 5.34. The van der Waals surface area contributed by atoms with Gasteiger partial charge in [0, 0.05) is 25.5 Å². The van der Waals surface area contributed by atoms with Crippen LogP contribution >= 0.6 is 0 Å². The second kappa shape index (κ2) is 24.1. The van der Waals surface area contributed by atoms with Crippen LogP contribution in [0.4, 0.5) is 0 Å². The van der Waals surface area contributed by atoms with Crippen LogP contribution in [0.25, 0.3) is 0 Å². The van der Waals surface area contributed by atoms with E-state index < -0.39 is 0 Å². The first-order valence-corrected chi connectivity index (χ1v) is 16.0. The molecule has 0 saturated heterocycles. The topological polar surface area (TPSA) is 6.48 Å². The Morgan fingerprint density at radius 3 is 1.09 bits per heavy atom. The van der Waals surface area contributed by atoms with Gasteiger partial charge in [-0.3, -0.25) is 0 Å². The van der Waals surface area contributed by atoms with E-state index in [4.69, 9.17) is 0 Å². The largest absolute Gasteiger partial charge is 0.356 e. The molecule has 0 fully saturated rings. The Bertz CT molecular complexity index is 433. The summed E-state index contributed by atoms with van der Waals surface area (Å²) in [6, 6.07) is 0. The van der Waals surface area contributed by atoms with Crippen LogP contribution in [0.1, 0.15) is 175 Å². The smallest absolute Gasteiger partial charge is 0.101 e. The van der Waals surface area contributed by atoms with Gasteiger partial charge in [0.2, 0.25) is 0 Å². The zero-order chi connectivity index (χ0) is 24.5. The van der Waals surface area contributed by atoms with Crippen LogP contribution in [0.3, 0.4) is 0 Å². The third kappa shape index (κ3) is 16.9. The first-order chi connectivity index (χ1) is 16.8. The van der Waals surface area contributed by atoms with Crippen LogP contribution in [0.2, 0.25) is 0 Å². The fourth-order valence-corrected chi connectivity index (χ4v) is 5.48. The van der Waals surface area contributed by atoms with E-state index in [0.29, 0.717) is 6.17 Å². The quantitative estimate of drug-likeness (QED) is 0.114. The van der Waals surface area contributed by atoms with Crippen LogP contribution in [-0.4, -0.2) is 29.1 Å². The molecule has 34 heavy (non-hydrogen) atoms. The monoisotopic (exact) mass is 477 g/mol. The molecule has 1 rings (SSSR count). The molecule has 2 nitrogen and oxygen atoms in total. The standard InChI is InChI=1S/C32H64N2/c1-4-7-10-12-14-15-16-17-18-19-20-21-23-26-29-34-31-30-33(28-25-9-6-3)32(34)27-24-22-13-11-8-5-2/h30-32H,4-29H2,1-3H3. The highest BCUT2D eigenvalue weighted by molar-refractivity contribution is 4.96. The molecule has 0 N–H and O–H groups in total. The Morgan fingerprint density at radius 2 is 0.676 bits per heavy atom. The van der Waals surface area contributed by atoms with E-state index in [1.807, 2.05) is 0 Å². The highest BCUT2D eigenvalue weighted by atomic mass is 15.4. The third-order valence-electron chi connectivity index (χ3n) is 7.82. The average Bonchev–Trinajstić information content (AvgIpc) is 3.23. The van der Waals surface area contributed by atoms with Crippen molar-refractivity contribution in [3.63, 3.8) is 0 Å². The number of hydrogen-bond donors (Lipinski definition) is 0. The van der Waals surface area contributed by atoms with E-state index >= 15 is 0 Å². The normalized spacial score (nSPS) is 15.7. The number of rotatable bonds is 26. The van der Waals surface area contributed by atoms with Crippen molar-refractivity contribution in [2.24, 2.45) is 0 Å². The maximum atomic E-state index is 2.68. The molecule has 0 aromatic rings. The molecular weight excluding hydrogens is 412 g/mol. The molecule has 0 bridgehead atoms. The molecular formula is C32H64N2. The Morgan fingerprint density at radius 1 is 0.382 bits per heavy atom. The van der Waals surface area contributed by atoms with Gasteiger partial charge in [-0.05, 0) is 25.7 Å². The van der Waals surface area contributed by atoms with Crippen LogP contribution in [0, 0.1) is 0 Å². The van der Waals surface area contributed by atoms with Crippen LogP contribution in [-0.2, 0) is 0 Å². The zero-order valence-electron chi connectivity index (χ0n) is 24.0. The van der Waals surface area contributed by atoms with Gasteiger partial charge in [0.1, 0.15) is 6.17 Å². The minimum absolute atomic E-state index is 0.644. The van der Waals surface area contributed by atoms with E-state index in [2.05, 4.69) is 43.0 Å². The van der Waals surface area contributed by atoms with Crippen molar-refractivity contribution < 1.29 is 0 Å². The summed E-state index contributed by atoms with van der Waals surface area (Å²) in [6.45, 7) is 9.45. The van der Waals surface area contributed by atoms with Gasteiger partial charge in [0.25, 0.3) is 0 Å². The fraction of sp³-hybridized carbons (Fsp3) is 0.938. The fourth-order valence-electron chi connectivity index (χ4n) is 5.48. The Balaban J connectivity index is 2.09. The molecule has 0 amide bonds. The maximum absolute atomic E-state index is 2.68. The van der Waals surface area contributed by atoms with Gasteiger partial charge in [-0.25, -0.2) is 0 Å². The Hall–Kier alpha value is -0.660. The lowest BCUT2D eigenvalue weighted by atomic mass is 10.0. The van der Waals surface area contributed by atoms with Gasteiger partial charge < -0.3 is 9.80 Å². The molecule has 0 spiro atoms. The van der Waals surface area contributed by atoms with E-state index in [0.717, 1.165) is 0 Å². The van der Waals surface area contributed by atoms with Crippen LogP contribution in [0.5, 0.6) is 0 Å². The van der Waals surface area contributed by atoms with Crippen molar-refractivity contribution in [1.82, 2.24) is 9.80 Å². The molecule has 0 saturated carbocycles. The van der Waals surface area contributed by atoms with Gasteiger partial charge >= 0.3 is 0 Å². The summed E-state index contributed by atoms with van der Waals surface area (Å²) in [5.41, 5.74) is 0. The molecule has 1 aliphatic heterocycles. The summed E-state index contributed by atoms with van der Waals surface area (Å²) >= 11 is 0. The first-order valence-electron chi connectivity index (χ1n) is 16.0. The van der Waals surface area contributed by atoms with Crippen molar-refractivity contribution in [3.05, 3.63) is 12.4 Å². The summed E-state index contributed by atoms with van der Waals surface area (Å²) in [5, 5.41) is 0. The minimum Gasteiger partial charge on any atom is -0.356 e. The number of unbranched alkanes of at least 4 members (excludes halogenated alkanes) is 20. The van der Waals surface area contributed by atoms with Gasteiger partial charge in [-0.15, -0.1) is 0 Å². The summed E-state index contributed by atoms with van der Waals surface area (Å²) in [6.07, 6.45) is 39.5. The van der Waals surface area contributed by atoms with Crippen LogP contribution < -0.4 is 0 Å². The van der Waals surface area contributed by atoms with Crippen molar-refractivity contribution in [3.8, 4) is 0 Å². The predicted octanol–water partition coefficient (Wildman–Crippen LogP) is 10.8. The lowest BCUT2D eigenvalue weighted by Crippen LogP contribution is -2.39. The minimum atomic E-state index is 0.644. The molecule has 1 atom stereocenters. The van der Waals surface area contributed by atoms with Crippen molar-refractivity contribution in [1.29, 1.82) is 0 Å². The van der Waals surface area contributed by atoms with Crippen molar-refractivity contribution in [2.75, 3.05) is 13.1 Å². The second-order valence-electron chi connectivity index (χ2n) is 11.1. The van der Waals surface area contributed by atoms with E-state index in [1.165, 1.54) is 167 Å². The molecule has 1 unspecified atom stereocenters. The second-order valence-corrected chi connectivity index (χ2v) is 11.1. The number of nitrogens with zero attached hydrogens (tertiary/aromatic N) is 2. The highest BCUT2D eigenvalue weighted by Crippen LogP contribution is 2.23. The molecule has 0 aliphatic carbocycles. The first kappa shape index (κ1) is 31.4. The molecule has 0 radical (unpaired) electrons. The molecule has 0 aromatic heterocycles. The van der Waals surface area contributed by atoms with Gasteiger partial charge in [-0.1, -0.05) is 149 Å². The highest BCUT2D eigenvalue weighted by Gasteiger charge is 2.24. The SMILES string of the molecule is CCCCCCCCCCCCCCCCN1C=CN(CCCCC)C1CCCCCCCC. The Kier molecular flexibility index (Phi) is 22.2. The lowest BCUT2D eigenvalue weighted by molar-refractivity contribution is 0.135. The lowest BCUT2D eigenvalue weighted by Gasteiger charge is -2.33. The van der Waals surface area contributed by atoms with Crippen molar-refractivity contribution in [2.45, 2.75) is 181 Å². The maximum Gasteiger partial charge on any atom is 0.101 e. The van der Waals surface area contributed by atoms with Crippen LogP contribution in [0.15, 0.2) is 12.4 Å². The van der Waals surface area contributed by atoms with E-state index in [-0.39, 0.29) is 0 Å². The van der Waals surface area contributed by atoms with Crippen molar-refractivity contribution >= 4 is 0 Å². The molecule has 2 heteroatoms. The summed E-state index contributed by atoms with van der Waals surface area (Å²) in [5.74, 6) is 0. The van der Waals surface area contributed by atoms with E-state index in [1.54, 1.807) is 0 Å². The van der Waals surface area contributed by atoms with Gasteiger partial charge in [0.15, 0.2) is 0 Å². The van der Waals surface area contributed by atoms with Gasteiger partial charge in [-0.2, -0.15) is 0 Å². The number of hydrogen-bond acceptors (Lipinski definition) is 2.